The second-order valence-corrected chi connectivity index (χ2v) is 2.49. The molecule has 2 atom stereocenters. The predicted octanol–water partition coefficient (Wildman–Crippen LogP) is 0.941. The summed E-state index contributed by atoms with van der Waals surface area (Å²) in [6.45, 7) is 0.510. The minimum absolute atomic E-state index is 0.165. The van der Waals surface area contributed by atoms with Gasteiger partial charge in [-0.1, -0.05) is 0 Å². The highest BCUT2D eigenvalue weighted by Crippen LogP contribution is 2.33. The number of alkyl halides is 1. The van der Waals surface area contributed by atoms with Gasteiger partial charge in [0.2, 0.25) is 0 Å². The van der Waals surface area contributed by atoms with Crippen LogP contribution in [-0.2, 0) is 0 Å². The Bertz CT molecular complexity index is 60.9. The van der Waals surface area contributed by atoms with Crippen molar-refractivity contribution in [3.63, 3.8) is 0 Å². The van der Waals surface area contributed by atoms with E-state index in [4.69, 9.17) is 5.73 Å². The Kier molecular flexibility index (Phi) is 1.84. The maximum atomic E-state index is 11.8. The van der Waals surface area contributed by atoms with Gasteiger partial charge >= 0.3 is 0 Å². The Labute approximate surface area is 49.1 Å². The summed E-state index contributed by atoms with van der Waals surface area (Å²) in [5.41, 5.74) is 5.33. The third kappa shape index (κ3) is 0.848. The number of hydrogen-bond donors (Lipinski definition) is 1. The molecule has 48 valence electrons. The lowest BCUT2D eigenvalue weighted by molar-refractivity contribution is 0.144. The Morgan fingerprint density at radius 1 is 1.38 bits per heavy atom. The van der Waals surface area contributed by atoms with E-state index in [-0.39, 0.29) is 6.67 Å². The van der Waals surface area contributed by atoms with Crippen molar-refractivity contribution >= 4 is 0 Å². The van der Waals surface area contributed by atoms with Gasteiger partial charge in [-0.15, -0.1) is 0 Å². The van der Waals surface area contributed by atoms with Crippen molar-refractivity contribution in [2.75, 3.05) is 13.2 Å². The van der Waals surface area contributed by atoms with Gasteiger partial charge in [-0.3, -0.25) is 4.39 Å². The summed E-state index contributed by atoms with van der Waals surface area (Å²) < 4.78 is 11.8. The van der Waals surface area contributed by atoms with Crippen LogP contribution in [0.15, 0.2) is 0 Å². The van der Waals surface area contributed by atoms with Crippen LogP contribution in [0.2, 0.25) is 0 Å². The maximum Gasteiger partial charge on any atom is 0.0925 e. The smallest absolute Gasteiger partial charge is 0.0925 e. The Morgan fingerprint density at radius 3 is 2.12 bits per heavy atom. The largest absolute Gasteiger partial charge is 0.330 e. The van der Waals surface area contributed by atoms with Crippen molar-refractivity contribution in [3.8, 4) is 0 Å². The molecule has 1 nitrogen and oxygen atoms in total. The lowest BCUT2D eigenvalue weighted by Gasteiger charge is -2.33. The fraction of sp³-hybridized carbons (Fsp3) is 1.00. The Balaban J connectivity index is 2.16. The summed E-state index contributed by atoms with van der Waals surface area (Å²) >= 11 is 0. The van der Waals surface area contributed by atoms with Crippen molar-refractivity contribution in [2.24, 2.45) is 17.6 Å². The number of rotatable bonds is 2. The Hall–Kier alpha value is -0.110. The lowest BCUT2D eigenvalue weighted by Crippen LogP contribution is -2.33. The highest BCUT2D eigenvalue weighted by atomic mass is 19.1. The third-order valence-corrected chi connectivity index (χ3v) is 2.08. The van der Waals surface area contributed by atoms with Crippen LogP contribution in [-0.4, -0.2) is 13.2 Å². The minimum Gasteiger partial charge on any atom is -0.330 e. The number of hydrogen-bond acceptors (Lipinski definition) is 1. The first-order valence-electron chi connectivity index (χ1n) is 3.14. The molecule has 0 spiro atoms. The molecule has 0 saturated heterocycles. The van der Waals surface area contributed by atoms with Crippen LogP contribution in [0.1, 0.15) is 12.8 Å². The number of nitrogens with two attached hydrogens (primary N) is 1. The molecule has 1 aliphatic rings. The molecule has 2 heteroatoms. The standard InChI is InChI=1S/C6H12FN/c7-3-5-1-2-6(5)4-8/h5-6H,1-4,8H2/t5-,6+/m1/s1. The quantitative estimate of drug-likeness (QED) is 0.572. The van der Waals surface area contributed by atoms with Crippen molar-refractivity contribution in [2.45, 2.75) is 12.8 Å². The normalized spacial score (nSPS) is 36.8. The second kappa shape index (κ2) is 2.44. The molecular formula is C6H12FN. The van der Waals surface area contributed by atoms with Gasteiger partial charge in [-0.25, -0.2) is 0 Å². The average molecular weight is 117 g/mol. The van der Waals surface area contributed by atoms with Crippen LogP contribution in [0.5, 0.6) is 0 Å². The molecule has 2 N–H and O–H groups in total. The first-order valence-corrected chi connectivity index (χ1v) is 3.14. The van der Waals surface area contributed by atoms with Gasteiger partial charge in [0, 0.05) is 0 Å². The van der Waals surface area contributed by atoms with Crippen molar-refractivity contribution in [1.82, 2.24) is 0 Å². The van der Waals surface area contributed by atoms with Crippen LogP contribution in [0.4, 0.5) is 4.39 Å². The van der Waals surface area contributed by atoms with Crippen LogP contribution < -0.4 is 5.73 Å². The highest BCUT2D eigenvalue weighted by molar-refractivity contribution is 4.80. The first-order chi connectivity index (χ1) is 3.88. The van der Waals surface area contributed by atoms with E-state index in [0.717, 1.165) is 12.8 Å². The summed E-state index contributed by atoms with van der Waals surface area (Å²) in [6.07, 6.45) is 2.20. The van der Waals surface area contributed by atoms with Crippen LogP contribution in [0.25, 0.3) is 0 Å². The summed E-state index contributed by atoms with van der Waals surface area (Å²) in [7, 11) is 0. The van der Waals surface area contributed by atoms with Crippen molar-refractivity contribution in [3.05, 3.63) is 0 Å². The van der Waals surface area contributed by atoms with Gasteiger partial charge in [0.25, 0.3) is 0 Å². The molecule has 1 fully saturated rings. The lowest BCUT2D eigenvalue weighted by atomic mass is 9.75. The van der Waals surface area contributed by atoms with E-state index in [9.17, 15) is 4.39 Å². The molecule has 0 aliphatic heterocycles. The van der Waals surface area contributed by atoms with Gasteiger partial charge in [0.1, 0.15) is 0 Å². The van der Waals surface area contributed by atoms with Crippen LogP contribution >= 0.6 is 0 Å². The molecule has 1 rings (SSSR count). The fourth-order valence-electron chi connectivity index (χ4n) is 1.15. The molecule has 0 amide bonds. The van der Waals surface area contributed by atoms with E-state index in [1.807, 2.05) is 0 Å². The van der Waals surface area contributed by atoms with Gasteiger partial charge in [-0.2, -0.15) is 0 Å². The third-order valence-electron chi connectivity index (χ3n) is 2.08. The number of halogens is 1. The second-order valence-electron chi connectivity index (χ2n) is 2.49. The molecule has 8 heavy (non-hydrogen) atoms. The topological polar surface area (TPSA) is 26.0 Å². The fourth-order valence-corrected chi connectivity index (χ4v) is 1.15. The summed E-state index contributed by atoms with van der Waals surface area (Å²) in [5.74, 6) is 0.806. The molecule has 0 radical (unpaired) electrons. The predicted molar refractivity (Wildman–Crippen MR) is 31.2 cm³/mol. The van der Waals surface area contributed by atoms with Gasteiger partial charge in [0.05, 0.1) is 6.67 Å². The molecule has 0 aromatic heterocycles. The van der Waals surface area contributed by atoms with Crippen molar-refractivity contribution < 1.29 is 4.39 Å². The maximum absolute atomic E-state index is 11.8. The molecule has 1 saturated carbocycles. The minimum atomic E-state index is -0.165. The SMILES string of the molecule is NC[C@@H]1CC[C@@H]1CF. The molecule has 0 heterocycles. The first kappa shape index (κ1) is 6.02. The van der Waals surface area contributed by atoms with E-state index in [1.165, 1.54) is 0 Å². The zero-order chi connectivity index (χ0) is 5.98. The van der Waals surface area contributed by atoms with E-state index in [1.54, 1.807) is 0 Å². The summed E-state index contributed by atoms with van der Waals surface area (Å²) in [6, 6.07) is 0. The zero-order valence-electron chi connectivity index (χ0n) is 4.94. The van der Waals surface area contributed by atoms with Crippen LogP contribution in [0, 0.1) is 11.8 Å². The molecule has 0 aromatic rings. The van der Waals surface area contributed by atoms with E-state index >= 15 is 0 Å². The molecule has 1 aliphatic carbocycles. The molecule has 0 unspecified atom stereocenters. The summed E-state index contributed by atoms with van der Waals surface area (Å²) in [5, 5.41) is 0. The van der Waals surface area contributed by atoms with Gasteiger partial charge < -0.3 is 5.73 Å². The summed E-state index contributed by atoms with van der Waals surface area (Å²) in [4.78, 5) is 0. The Morgan fingerprint density at radius 2 is 2.00 bits per heavy atom. The van der Waals surface area contributed by atoms with Gasteiger partial charge in [-0.05, 0) is 31.2 Å². The molecule has 0 bridgehead atoms. The van der Waals surface area contributed by atoms with Gasteiger partial charge in [0.15, 0.2) is 0 Å². The van der Waals surface area contributed by atoms with E-state index < -0.39 is 0 Å². The molecular weight excluding hydrogens is 105 g/mol. The van der Waals surface area contributed by atoms with E-state index in [2.05, 4.69) is 0 Å². The monoisotopic (exact) mass is 117 g/mol. The van der Waals surface area contributed by atoms with E-state index in [0.29, 0.717) is 18.4 Å². The highest BCUT2D eigenvalue weighted by Gasteiger charge is 2.28. The average Bonchev–Trinajstić information content (AvgIpc) is 1.66. The van der Waals surface area contributed by atoms with Crippen LogP contribution in [0.3, 0.4) is 0 Å². The zero-order valence-corrected chi connectivity index (χ0v) is 4.94. The van der Waals surface area contributed by atoms with Crippen molar-refractivity contribution in [1.29, 1.82) is 0 Å². The molecule has 0 aromatic carbocycles.